The smallest absolute Gasteiger partial charge is 0.459 e. The Morgan fingerprint density at radius 3 is 1.92 bits per heavy atom. The monoisotopic (exact) mass is 1230 g/mol. The Balaban J connectivity index is 0.996. The number of fused-ring (bicyclic) bond motifs is 5. The minimum Gasteiger partial charge on any atom is -0.459 e. The number of benzene rings is 3. The number of aliphatic hydroxyl groups is 2. The van der Waals surface area contributed by atoms with Crippen LogP contribution in [-0.2, 0) is 61.8 Å². The van der Waals surface area contributed by atoms with Gasteiger partial charge in [0.15, 0.2) is 23.3 Å². The van der Waals surface area contributed by atoms with Gasteiger partial charge in [0.1, 0.15) is 42.7 Å². The van der Waals surface area contributed by atoms with Gasteiger partial charge >= 0.3 is 30.0 Å². The van der Waals surface area contributed by atoms with Crippen LogP contribution >= 0.6 is 0 Å². The number of nitrogens with zero attached hydrogens (tertiary/aromatic N) is 1. The van der Waals surface area contributed by atoms with Crippen molar-refractivity contribution in [2.75, 3.05) is 26.9 Å². The van der Waals surface area contributed by atoms with E-state index >= 15 is 9.59 Å². The minimum atomic E-state index is -2.43. The van der Waals surface area contributed by atoms with Gasteiger partial charge in [0.25, 0.3) is 5.91 Å². The second kappa shape index (κ2) is 27.9. The highest BCUT2D eigenvalue weighted by molar-refractivity contribution is 6.01. The first-order chi connectivity index (χ1) is 42.5. The molecule has 1 amide bonds. The lowest BCUT2D eigenvalue weighted by Crippen LogP contribution is -2.81. The van der Waals surface area contributed by atoms with E-state index in [-0.39, 0.29) is 37.4 Å². The molecule has 4 aliphatic carbocycles. The van der Waals surface area contributed by atoms with Gasteiger partial charge in [-0.15, -0.1) is 0 Å². The van der Waals surface area contributed by atoms with E-state index in [9.17, 15) is 34.2 Å². The fourth-order valence-electron chi connectivity index (χ4n) is 15.8. The number of likely N-dealkylation sites (N-methyl/N-ethyl adjacent to an activating group) is 1. The topological polar surface area (TPSA) is 246 Å². The lowest BCUT2D eigenvalue weighted by molar-refractivity contribution is -0.348. The van der Waals surface area contributed by atoms with Crippen molar-refractivity contribution < 1.29 is 86.4 Å². The van der Waals surface area contributed by atoms with Crippen molar-refractivity contribution in [3.05, 3.63) is 120 Å². The number of hydrogen-bond donors (Lipinski definition) is 2. The Kier molecular flexibility index (Phi) is 21.0. The number of carbonyl (C=O) groups excluding carboxylic acids is 7. The molecule has 2 bridgehead atoms. The molecule has 0 aromatic heterocycles. The van der Waals surface area contributed by atoms with E-state index in [1.54, 1.807) is 99.6 Å². The average molecular weight is 1230 g/mol. The lowest BCUT2D eigenvalue weighted by atomic mass is 9.46. The third-order valence-corrected chi connectivity index (χ3v) is 20.4. The van der Waals surface area contributed by atoms with E-state index in [1.165, 1.54) is 69.5 Å². The highest BCUT2D eigenvalue weighted by Gasteiger charge is 2.96. The van der Waals surface area contributed by atoms with Crippen LogP contribution in [-0.4, -0.2) is 143 Å². The highest BCUT2D eigenvalue weighted by Crippen LogP contribution is 2.82. The largest absolute Gasteiger partial charge is 0.509 e. The predicted octanol–water partition coefficient (Wildman–Crippen LogP) is 10.7. The summed E-state index contributed by atoms with van der Waals surface area (Å²) in [6.45, 7) is 10.2. The SMILES string of the molecule is CCCCCCCC/C=C\CCCCCCCC1OC[C@@H](COC(=O)O[C@@H](C(=O)O[C@H]2C[C@@]3(O)[C@@H](OC(=O)c4ccccc4)C4[C@](C)(C(=O)[C@]5(OC(C)=O)C(C3(C)C)C25C)[C@@H](O)C[C@H]2OC[C@@]42OC(C)=O)[C@H](c2ccccc2)N(C)C(=O)c2ccccc2)O1. The van der Waals surface area contributed by atoms with Crippen LogP contribution < -0.4 is 0 Å². The second-order valence-electron chi connectivity index (χ2n) is 26.3. The van der Waals surface area contributed by atoms with Gasteiger partial charge in [-0.2, -0.15) is 0 Å². The van der Waals surface area contributed by atoms with Gasteiger partial charge in [0, 0.05) is 50.6 Å². The van der Waals surface area contributed by atoms with Gasteiger partial charge in [0.05, 0.1) is 41.6 Å². The van der Waals surface area contributed by atoms with Crippen LogP contribution in [0.1, 0.15) is 184 Å². The van der Waals surface area contributed by atoms with Crippen LogP contribution in [0.4, 0.5) is 4.79 Å². The number of hydrogen-bond acceptors (Lipinski definition) is 18. The molecule has 2 saturated heterocycles. The molecule has 19 heteroatoms. The van der Waals surface area contributed by atoms with E-state index in [4.69, 9.17) is 42.6 Å². The third kappa shape index (κ3) is 12.9. The van der Waals surface area contributed by atoms with E-state index in [0.29, 0.717) is 12.0 Å². The zero-order valence-corrected chi connectivity index (χ0v) is 52.9. The van der Waals surface area contributed by atoms with Crippen molar-refractivity contribution in [2.45, 2.75) is 217 Å². The number of carbonyl (C=O) groups is 7. The van der Waals surface area contributed by atoms with Gasteiger partial charge in [-0.3, -0.25) is 19.2 Å². The van der Waals surface area contributed by atoms with Crippen molar-refractivity contribution >= 4 is 41.7 Å². The Morgan fingerprint density at radius 2 is 1.33 bits per heavy atom. The summed E-state index contributed by atoms with van der Waals surface area (Å²) in [6.07, 6.45) is 8.80. The van der Waals surface area contributed by atoms with Crippen molar-refractivity contribution in [3.63, 3.8) is 0 Å². The number of amides is 1. The number of allylic oxidation sites excluding steroid dienone is 2. The Morgan fingerprint density at radius 1 is 0.742 bits per heavy atom. The maximum absolute atomic E-state index is 16.5. The number of ether oxygens (including phenoxy) is 9. The maximum atomic E-state index is 16.5. The molecule has 3 aromatic rings. The lowest BCUT2D eigenvalue weighted by Gasteiger charge is -2.66. The van der Waals surface area contributed by atoms with Crippen molar-refractivity contribution in [1.29, 1.82) is 0 Å². The fourth-order valence-corrected chi connectivity index (χ4v) is 15.8. The summed E-state index contributed by atoms with van der Waals surface area (Å²) in [5, 5.41) is 26.7. The quantitative estimate of drug-likeness (QED) is 0.0297. The van der Waals surface area contributed by atoms with Crippen LogP contribution in [0.3, 0.4) is 0 Å². The first-order valence-electron chi connectivity index (χ1n) is 32.1. The van der Waals surface area contributed by atoms with E-state index in [1.807, 2.05) is 0 Å². The normalized spacial score (nSPS) is 31.9. The fraction of sp³-hybridized carbons (Fsp3) is 0.614. The van der Waals surface area contributed by atoms with Crippen LogP contribution in [0, 0.1) is 28.1 Å². The van der Waals surface area contributed by atoms with E-state index < -0.39 is 142 Å². The van der Waals surface area contributed by atoms with E-state index in [2.05, 4.69) is 19.1 Å². The van der Waals surface area contributed by atoms with Crippen LogP contribution in [0.2, 0.25) is 0 Å². The number of esters is 4. The number of aliphatic hydroxyl groups excluding tert-OH is 1. The Bertz CT molecular complexity index is 3010. The highest BCUT2D eigenvalue weighted by atomic mass is 16.8. The molecule has 2 N–H and O–H groups in total. The molecule has 6 fully saturated rings. The maximum Gasteiger partial charge on any atom is 0.509 e. The molecular weight excluding hydrogens is 1140 g/mol. The average Bonchev–Trinajstić information content (AvgIpc) is 1.45. The summed E-state index contributed by atoms with van der Waals surface area (Å²) in [5.41, 5.74) is -11.5. The van der Waals surface area contributed by atoms with Gasteiger partial charge in [-0.05, 0) is 75.3 Å². The Labute approximate surface area is 522 Å². The number of unbranched alkanes of at least 4 members (excludes halogenated alkanes) is 11. The summed E-state index contributed by atoms with van der Waals surface area (Å²) in [4.78, 5) is 104. The molecule has 2 heterocycles. The molecule has 3 aromatic carbocycles. The van der Waals surface area contributed by atoms with Crippen molar-refractivity contribution in [2.24, 2.45) is 28.1 Å². The van der Waals surface area contributed by atoms with Gasteiger partial charge < -0.3 is 57.7 Å². The molecule has 0 radical (unpaired) electrons. The molecule has 19 nitrogen and oxygen atoms in total. The van der Waals surface area contributed by atoms with Crippen LogP contribution in [0.5, 0.6) is 0 Å². The molecule has 2 aliphatic heterocycles. The number of ketones is 1. The van der Waals surface area contributed by atoms with Crippen molar-refractivity contribution in [3.8, 4) is 0 Å². The molecule has 4 unspecified atom stereocenters. The molecule has 6 aliphatic rings. The second-order valence-corrected chi connectivity index (χ2v) is 26.3. The number of rotatable bonds is 28. The molecule has 0 spiro atoms. The van der Waals surface area contributed by atoms with E-state index in [0.717, 1.165) is 58.8 Å². The first-order valence-corrected chi connectivity index (χ1v) is 32.1. The Hall–Kier alpha value is -6.51. The molecule has 9 rings (SSSR count). The van der Waals surface area contributed by atoms with Crippen LogP contribution in [0.25, 0.3) is 0 Å². The molecular formula is C70H91NO18. The molecule has 89 heavy (non-hydrogen) atoms. The summed E-state index contributed by atoms with van der Waals surface area (Å²) >= 11 is 0. The molecule has 4 saturated carbocycles. The zero-order valence-electron chi connectivity index (χ0n) is 52.9. The summed E-state index contributed by atoms with van der Waals surface area (Å²) < 4.78 is 55.7. The first kappa shape index (κ1) is 66.9. The summed E-state index contributed by atoms with van der Waals surface area (Å²) in [6, 6.07) is 23.0. The summed E-state index contributed by atoms with van der Waals surface area (Å²) in [7, 11) is 1.44. The predicted molar refractivity (Wildman–Crippen MR) is 324 cm³/mol. The standard InChI is InChI=1S/C70H91NO18/c1-9-10-11-12-13-14-15-16-17-18-19-20-21-22-32-39-54-81-42-50(84-54)43-82-64(79)86-56(55(47-33-26-23-27-34-47)71(8)59(75)48-35-28-24-29-36-48)61(77)85-53-41-69(80)58(87-60(76)49-37-30-25-31-38-49)57-66(6,51(74)40-52-68(57,44-83-52)88-45(2)72)63(78)70(89-46(3)73)62(65(69,4)5)67(53,70)7/h16-17,23-31,33-38,50-58,62,74,80H,9-15,18-22,32,39-44H2,1-8H3/b17-16-/t50-,51-,52+,53-,54?,55-,56+,57?,58-,62?,66+,67?,68-,69+,70+/m0/s1. The van der Waals surface area contributed by atoms with Crippen molar-refractivity contribution in [1.82, 2.24) is 4.90 Å². The summed E-state index contributed by atoms with van der Waals surface area (Å²) in [5.74, 6) is -8.20. The molecule has 15 atom stereocenters. The minimum absolute atomic E-state index is 0.0567. The molecule has 484 valence electrons. The zero-order chi connectivity index (χ0) is 63.9. The number of Topliss-reactive ketones (excluding diaryl/α,β-unsaturated/α-hetero) is 1. The van der Waals surface area contributed by atoms with Gasteiger partial charge in [-0.1, -0.05) is 158 Å². The van der Waals surface area contributed by atoms with Crippen LogP contribution in [0.15, 0.2) is 103 Å². The third-order valence-electron chi connectivity index (χ3n) is 20.4. The van der Waals surface area contributed by atoms with Gasteiger partial charge in [-0.25, -0.2) is 14.4 Å². The van der Waals surface area contributed by atoms with Gasteiger partial charge in [0.2, 0.25) is 6.10 Å².